The molecule has 2 N–H and O–H groups in total. The first-order chi connectivity index (χ1) is 7.22. The fourth-order valence-corrected chi connectivity index (χ4v) is 0.994. The van der Waals surface area contributed by atoms with E-state index in [0.29, 0.717) is 6.42 Å². The number of carbonyl (C=O) groups excluding carboxylic acids is 2. The van der Waals surface area contributed by atoms with E-state index in [-0.39, 0.29) is 18.2 Å². The molecule has 0 aliphatic carbocycles. The van der Waals surface area contributed by atoms with E-state index in [4.69, 9.17) is 16.0 Å². The van der Waals surface area contributed by atoms with Crippen LogP contribution in [0.15, 0.2) is 22.8 Å². The second-order valence-electron chi connectivity index (χ2n) is 2.81. The van der Waals surface area contributed by atoms with Crippen molar-refractivity contribution in [1.82, 2.24) is 10.9 Å². The Morgan fingerprint density at radius 1 is 1.33 bits per heavy atom. The Morgan fingerprint density at radius 3 is 2.67 bits per heavy atom. The first kappa shape index (κ1) is 11.6. The van der Waals surface area contributed by atoms with Crippen molar-refractivity contribution < 1.29 is 14.0 Å². The first-order valence-corrected chi connectivity index (χ1v) is 4.92. The van der Waals surface area contributed by atoms with E-state index in [9.17, 15) is 9.59 Å². The van der Waals surface area contributed by atoms with Gasteiger partial charge in [-0.1, -0.05) is 0 Å². The minimum absolute atomic E-state index is 0.182. The zero-order chi connectivity index (χ0) is 11.1. The highest BCUT2D eigenvalue weighted by Crippen LogP contribution is 2.02. The molecule has 1 heterocycles. The molecule has 82 valence electrons. The second kappa shape index (κ2) is 6.08. The molecule has 0 fully saturated rings. The van der Waals surface area contributed by atoms with Crippen LogP contribution >= 0.6 is 11.6 Å². The number of hydrogen-bond donors (Lipinski definition) is 2. The molecule has 15 heavy (non-hydrogen) atoms. The van der Waals surface area contributed by atoms with Gasteiger partial charge in [0.25, 0.3) is 5.91 Å². The Hall–Kier alpha value is -1.49. The molecule has 0 spiro atoms. The third-order valence-corrected chi connectivity index (χ3v) is 1.88. The Balaban J connectivity index is 2.16. The normalized spacial score (nSPS) is 9.67. The van der Waals surface area contributed by atoms with Gasteiger partial charge in [-0.2, -0.15) is 0 Å². The summed E-state index contributed by atoms with van der Waals surface area (Å²) in [6.45, 7) is 0. The van der Waals surface area contributed by atoms with Crippen molar-refractivity contribution in [1.29, 1.82) is 0 Å². The molecule has 0 radical (unpaired) electrons. The number of amides is 2. The van der Waals surface area contributed by atoms with E-state index in [1.54, 1.807) is 18.4 Å². The quantitative estimate of drug-likeness (QED) is 0.588. The highest BCUT2D eigenvalue weighted by molar-refractivity contribution is 6.27. The van der Waals surface area contributed by atoms with Crippen molar-refractivity contribution >= 4 is 23.4 Å². The van der Waals surface area contributed by atoms with Crippen LogP contribution in [0, 0.1) is 0 Å². The fraction of sp³-hybridized carbons (Fsp3) is 0.333. The summed E-state index contributed by atoms with van der Waals surface area (Å²) in [5.74, 6) is -0.181. The number of hydrogen-bond acceptors (Lipinski definition) is 3. The Kier molecular flexibility index (Phi) is 4.70. The highest BCUT2D eigenvalue weighted by Gasteiger charge is 2.04. The van der Waals surface area contributed by atoms with Gasteiger partial charge in [-0.15, -0.1) is 11.6 Å². The maximum absolute atomic E-state index is 11.1. The van der Waals surface area contributed by atoms with E-state index in [2.05, 4.69) is 10.9 Å². The summed E-state index contributed by atoms with van der Waals surface area (Å²) in [5, 5.41) is 0. The minimum atomic E-state index is -0.442. The molecule has 1 aromatic rings. The van der Waals surface area contributed by atoms with Gasteiger partial charge in [0.1, 0.15) is 11.6 Å². The number of aryl methyl sites for hydroxylation is 1. The Labute approximate surface area is 91.7 Å². The standard InChI is InChI=1S/C9H11ClN2O3/c10-6-9(14)12-11-8(13)4-3-7-2-1-5-15-7/h1-2,5H,3-4,6H2,(H,11,13)(H,12,14). The molecule has 1 aromatic heterocycles. The van der Waals surface area contributed by atoms with Crippen molar-refractivity contribution in [2.24, 2.45) is 0 Å². The zero-order valence-electron chi connectivity index (χ0n) is 7.96. The van der Waals surface area contributed by atoms with E-state index in [1.807, 2.05) is 0 Å². The number of furan rings is 1. The highest BCUT2D eigenvalue weighted by atomic mass is 35.5. The lowest BCUT2D eigenvalue weighted by atomic mass is 10.2. The summed E-state index contributed by atoms with van der Waals surface area (Å²) < 4.78 is 5.04. The van der Waals surface area contributed by atoms with Gasteiger partial charge in [-0.05, 0) is 12.1 Å². The van der Waals surface area contributed by atoms with Crippen LogP contribution in [0.2, 0.25) is 0 Å². The van der Waals surface area contributed by atoms with Crippen molar-refractivity contribution in [3.8, 4) is 0 Å². The number of carbonyl (C=O) groups is 2. The average Bonchev–Trinajstić information content (AvgIpc) is 2.75. The minimum Gasteiger partial charge on any atom is -0.469 e. The molecule has 0 aliphatic heterocycles. The van der Waals surface area contributed by atoms with Crippen molar-refractivity contribution in [3.63, 3.8) is 0 Å². The van der Waals surface area contributed by atoms with Crippen LogP contribution in [0.3, 0.4) is 0 Å². The maximum Gasteiger partial charge on any atom is 0.253 e. The molecule has 0 aromatic carbocycles. The van der Waals surface area contributed by atoms with Crippen LogP contribution < -0.4 is 10.9 Å². The summed E-state index contributed by atoms with van der Waals surface area (Å²) >= 11 is 5.22. The van der Waals surface area contributed by atoms with E-state index in [1.165, 1.54) is 0 Å². The van der Waals surface area contributed by atoms with Gasteiger partial charge in [0.2, 0.25) is 5.91 Å². The van der Waals surface area contributed by atoms with Crippen LogP contribution in [0.1, 0.15) is 12.2 Å². The molecule has 0 bridgehead atoms. The van der Waals surface area contributed by atoms with Crippen LogP contribution in [-0.4, -0.2) is 17.7 Å². The molecule has 0 atom stereocenters. The molecular weight excluding hydrogens is 220 g/mol. The lowest BCUT2D eigenvalue weighted by Crippen LogP contribution is -2.42. The summed E-state index contributed by atoms with van der Waals surface area (Å²) in [7, 11) is 0. The topological polar surface area (TPSA) is 71.3 Å². The van der Waals surface area contributed by atoms with Crippen LogP contribution in [0.4, 0.5) is 0 Å². The smallest absolute Gasteiger partial charge is 0.253 e. The van der Waals surface area contributed by atoms with Crippen LogP contribution in [0.25, 0.3) is 0 Å². The van der Waals surface area contributed by atoms with Crippen LogP contribution in [0.5, 0.6) is 0 Å². The molecular formula is C9H11ClN2O3. The Bertz CT molecular complexity index is 324. The van der Waals surface area contributed by atoms with Gasteiger partial charge in [-0.3, -0.25) is 20.4 Å². The van der Waals surface area contributed by atoms with Gasteiger partial charge < -0.3 is 4.42 Å². The van der Waals surface area contributed by atoms with E-state index in [0.717, 1.165) is 5.76 Å². The van der Waals surface area contributed by atoms with Crippen LogP contribution in [-0.2, 0) is 16.0 Å². The van der Waals surface area contributed by atoms with E-state index < -0.39 is 5.91 Å². The zero-order valence-corrected chi connectivity index (χ0v) is 8.71. The summed E-state index contributed by atoms with van der Waals surface area (Å²) in [6, 6.07) is 3.53. The molecule has 6 heteroatoms. The molecule has 0 saturated heterocycles. The number of halogens is 1. The van der Waals surface area contributed by atoms with Gasteiger partial charge in [-0.25, -0.2) is 0 Å². The predicted molar refractivity (Wildman–Crippen MR) is 54.0 cm³/mol. The Morgan fingerprint density at radius 2 is 2.07 bits per heavy atom. The number of alkyl halides is 1. The molecule has 5 nitrogen and oxygen atoms in total. The molecule has 0 aliphatic rings. The molecule has 0 saturated carbocycles. The SMILES string of the molecule is O=C(CCl)NNC(=O)CCc1ccco1. The largest absolute Gasteiger partial charge is 0.469 e. The average molecular weight is 231 g/mol. The lowest BCUT2D eigenvalue weighted by Gasteiger charge is -2.04. The maximum atomic E-state index is 11.1. The summed E-state index contributed by atoms with van der Waals surface area (Å²) in [4.78, 5) is 21.8. The first-order valence-electron chi connectivity index (χ1n) is 4.38. The van der Waals surface area contributed by atoms with Gasteiger partial charge in [0, 0.05) is 12.8 Å². The number of nitrogens with one attached hydrogen (secondary N) is 2. The second-order valence-corrected chi connectivity index (χ2v) is 3.08. The van der Waals surface area contributed by atoms with Crippen molar-refractivity contribution in [2.75, 3.05) is 5.88 Å². The monoisotopic (exact) mass is 230 g/mol. The van der Waals surface area contributed by atoms with Crippen molar-refractivity contribution in [2.45, 2.75) is 12.8 Å². The van der Waals surface area contributed by atoms with E-state index >= 15 is 0 Å². The predicted octanol–water partition coefficient (Wildman–Crippen LogP) is 0.598. The fourth-order valence-electron chi connectivity index (χ4n) is 0.927. The molecule has 1 rings (SSSR count). The summed E-state index contributed by atoms with van der Waals surface area (Å²) in [6.07, 6.45) is 2.29. The van der Waals surface area contributed by atoms with Gasteiger partial charge in [0.05, 0.1) is 6.26 Å². The number of rotatable bonds is 4. The third-order valence-electron chi connectivity index (χ3n) is 1.64. The third kappa shape index (κ3) is 4.51. The number of hydrazine groups is 1. The summed E-state index contributed by atoms with van der Waals surface area (Å²) in [5.41, 5.74) is 4.39. The van der Waals surface area contributed by atoms with Gasteiger partial charge in [0.15, 0.2) is 0 Å². The lowest BCUT2D eigenvalue weighted by molar-refractivity contribution is -0.127. The molecule has 0 unspecified atom stereocenters. The van der Waals surface area contributed by atoms with Gasteiger partial charge >= 0.3 is 0 Å². The molecule has 2 amide bonds. The van der Waals surface area contributed by atoms with Crippen molar-refractivity contribution in [3.05, 3.63) is 24.2 Å².